The van der Waals surface area contributed by atoms with Gasteiger partial charge in [-0.2, -0.15) is 5.10 Å². The molecular formula is C33H39N2O2P. The third kappa shape index (κ3) is 5.71. The summed E-state index contributed by atoms with van der Waals surface area (Å²) in [5.41, 5.74) is 4.43. The molecule has 0 saturated heterocycles. The first kappa shape index (κ1) is 27.7. The first-order valence-electron chi connectivity index (χ1n) is 13.0. The summed E-state index contributed by atoms with van der Waals surface area (Å²) in [5.74, 6) is 0.592. The highest BCUT2D eigenvalue weighted by Crippen LogP contribution is 2.45. The van der Waals surface area contributed by atoms with Crippen LogP contribution in [0.15, 0.2) is 78.2 Å². The van der Waals surface area contributed by atoms with E-state index >= 15 is 0 Å². The summed E-state index contributed by atoms with van der Waals surface area (Å²) >= 11 is 0. The number of aromatic nitrogens is 1. The standard InChI is InChI=1S/C33H39N2O2P/c1-22-17-25(32(3,4)5)30(36)28(19-22)38(29-20-23(2)18-26(31(29)37)33(6,7)8)27-14-10-9-13-24(27)21-34-35-15-11-12-16-35/h9-21,36-37H,1-8H3. The second-order valence-electron chi connectivity index (χ2n) is 12.1. The minimum Gasteiger partial charge on any atom is -0.507 e. The zero-order valence-corrected chi connectivity index (χ0v) is 24.6. The molecule has 0 spiro atoms. The fourth-order valence-electron chi connectivity index (χ4n) is 4.72. The number of aryl methyl sites for hydroxylation is 2. The molecule has 1 heterocycles. The van der Waals surface area contributed by atoms with Crippen LogP contribution in [0.1, 0.15) is 69.4 Å². The summed E-state index contributed by atoms with van der Waals surface area (Å²) in [6.07, 6.45) is 5.65. The molecule has 0 unspecified atom stereocenters. The highest BCUT2D eigenvalue weighted by Gasteiger charge is 2.31. The predicted octanol–water partition coefficient (Wildman–Crippen LogP) is 6.75. The average Bonchev–Trinajstić information content (AvgIpc) is 3.35. The van der Waals surface area contributed by atoms with Gasteiger partial charge in [-0.05, 0) is 73.3 Å². The monoisotopic (exact) mass is 526 g/mol. The molecule has 3 aromatic carbocycles. The molecule has 0 saturated carbocycles. The van der Waals surface area contributed by atoms with Gasteiger partial charge in [0.05, 0.1) is 6.21 Å². The summed E-state index contributed by atoms with van der Waals surface area (Å²) in [7, 11) is -1.34. The molecule has 4 aromatic rings. The molecule has 0 aliphatic rings. The first-order valence-corrected chi connectivity index (χ1v) is 14.4. The van der Waals surface area contributed by atoms with Gasteiger partial charge in [0.2, 0.25) is 0 Å². The van der Waals surface area contributed by atoms with E-state index in [0.717, 1.165) is 43.7 Å². The maximum Gasteiger partial charge on any atom is 0.127 e. The molecule has 0 bridgehead atoms. The Bertz CT molecular complexity index is 1400. The van der Waals surface area contributed by atoms with Crippen LogP contribution >= 0.6 is 7.92 Å². The lowest BCUT2D eigenvalue weighted by atomic mass is 9.85. The van der Waals surface area contributed by atoms with E-state index < -0.39 is 7.92 Å². The van der Waals surface area contributed by atoms with Crippen LogP contribution in [-0.4, -0.2) is 21.1 Å². The van der Waals surface area contributed by atoms with Crippen molar-refractivity contribution < 1.29 is 10.2 Å². The van der Waals surface area contributed by atoms with Crippen molar-refractivity contribution in [2.24, 2.45) is 5.10 Å². The van der Waals surface area contributed by atoms with Gasteiger partial charge in [0, 0.05) is 39.7 Å². The lowest BCUT2D eigenvalue weighted by Gasteiger charge is -2.30. The summed E-state index contributed by atoms with van der Waals surface area (Å²) in [5, 5.41) is 30.9. The number of benzene rings is 3. The van der Waals surface area contributed by atoms with Crippen molar-refractivity contribution >= 4 is 30.0 Å². The third-order valence-corrected chi connectivity index (χ3v) is 9.20. The third-order valence-electron chi connectivity index (χ3n) is 6.66. The van der Waals surface area contributed by atoms with E-state index in [2.05, 4.69) is 90.8 Å². The van der Waals surface area contributed by atoms with Crippen molar-refractivity contribution in [1.29, 1.82) is 0 Å². The van der Waals surface area contributed by atoms with Crippen molar-refractivity contribution in [2.45, 2.75) is 66.2 Å². The molecule has 0 aliphatic heterocycles. The molecular weight excluding hydrogens is 487 g/mol. The molecule has 0 radical (unpaired) electrons. The Kier molecular flexibility index (Phi) is 7.59. The normalized spacial score (nSPS) is 12.6. The molecule has 38 heavy (non-hydrogen) atoms. The number of aromatic hydroxyl groups is 2. The smallest absolute Gasteiger partial charge is 0.127 e. The van der Waals surface area contributed by atoms with Crippen molar-refractivity contribution in [3.05, 3.63) is 101 Å². The quantitative estimate of drug-likeness (QED) is 0.223. The minimum atomic E-state index is -1.34. The highest BCUT2D eigenvalue weighted by molar-refractivity contribution is 7.80. The van der Waals surface area contributed by atoms with E-state index in [1.807, 2.05) is 48.9 Å². The number of phenolic OH excluding ortho intramolecular Hbond substituents is 2. The van der Waals surface area contributed by atoms with Gasteiger partial charge in [0.15, 0.2) is 0 Å². The van der Waals surface area contributed by atoms with Gasteiger partial charge in [-0.3, -0.25) is 0 Å². The molecule has 0 aliphatic carbocycles. The lowest BCUT2D eigenvalue weighted by molar-refractivity contribution is 0.450. The first-order chi connectivity index (χ1) is 17.8. The topological polar surface area (TPSA) is 57.8 Å². The molecule has 198 valence electrons. The highest BCUT2D eigenvalue weighted by atomic mass is 31.1. The number of hydrogen-bond donors (Lipinski definition) is 2. The molecule has 1 aromatic heterocycles. The number of nitrogens with zero attached hydrogens (tertiary/aromatic N) is 2. The SMILES string of the molecule is Cc1cc(P(c2ccccc2C=Nn2cccc2)c2cc(C)cc(C(C)(C)C)c2O)c(O)c(C(C)(C)C)c1. The Balaban J connectivity index is 2.07. The van der Waals surface area contributed by atoms with Gasteiger partial charge in [0.25, 0.3) is 0 Å². The van der Waals surface area contributed by atoms with Crippen molar-refractivity contribution in [1.82, 2.24) is 4.68 Å². The Labute approximate surface area is 228 Å². The zero-order chi connectivity index (χ0) is 27.8. The Morgan fingerprint density at radius 2 is 1.16 bits per heavy atom. The Morgan fingerprint density at radius 1 is 0.684 bits per heavy atom. The van der Waals surface area contributed by atoms with Gasteiger partial charge < -0.3 is 10.2 Å². The van der Waals surface area contributed by atoms with Gasteiger partial charge in [0.1, 0.15) is 11.5 Å². The Morgan fingerprint density at radius 3 is 1.63 bits per heavy atom. The summed E-state index contributed by atoms with van der Waals surface area (Å²) in [6, 6.07) is 20.3. The van der Waals surface area contributed by atoms with Crippen molar-refractivity contribution in [3.8, 4) is 11.5 Å². The second-order valence-corrected chi connectivity index (χ2v) is 14.2. The predicted molar refractivity (Wildman–Crippen MR) is 163 cm³/mol. The Hall–Kier alpha value is -3.36. The number of phenols is 2. The van der Waals surface area contributed by atoms with Crippen LogP contribution < -0.4 is 15.9 Å². The van der Waals surface area contributed by atoms with E-state index in [-0.39, 0.29) is 10.8 Å². The molecule has 4 rings (SSSR count). The zero-order valence-electron chi connectivity index (χ0n) is 23.7. The van der Waals surface area contributed by atoms with Gasteiger partial charge >= 0.3 is 0 Å². The van der Waals surface area contributed by atoms with Gasteiger partial charge in [-0.15, -0.1) is 0 Å². The lowest BCUT2D eigenvalue weighted by Crippen LogP contribution is -2.27. The molecule has 2 N–H and O–H groups in total. The van der Waals surface area contributed by atoms with Crippen LogP contribution in [0.25, 0.3) is 0 Å². The van der Waals surface area contributed by atoms with E-state index in [4.69, 9.17) is 0 Å². The van der Waals surface area contributed by atoms with Crippen LogP contribution in [0.5, 0.6) is 11.5 Å². The minimum absolute atomic E-state index is 0.244. The van der Waals surface area contributed by atoms with E-state index in [9.17, 15) is 10.2 Å². The molecule has 5 heteroatoms. The van der Waals surface area contributed by atoms with E-state index in [0.29, 0.717) is 11.5 Å². The van der Waals surface area contributed by atoms with Crippen molar-refractivity contribution in [2.75, 3.05) is 0 Å². The van der Waals surface area contributed by atoms with Gasteiger partial charge in [-0.25, -0.2) is 4.68 Å². The van der Waals surface area contributed by atoms with Crippen LogP contribution in [0.2, 0.25) is 0 Å². The fraction of sp³-hybridized carbons (Fsp3) is 0.303. The fourth-order valence-corrected chi connectivity index (χ4v) is 7.46. The van der Waals surface area contributed by atoms with Crippen molar-refractivity contribution in [3.63, 3.8) is 0 Å². The van der Waals surface area contributed by atoms with Gasteiger partial charge in [-0.1, -0.05) is 77.9 Å². The number of hydrogen-bond acceptors (Lipinski definition) is 3. The van der Waals surface area contributed by atoms with E-state index in [1.165, 1.54) is 0 Å². The summed E-state index contributed by atoms with van der Waals surface area (Å²) < 4.78 is 1.77. The summed E-state index contributed by atoms with van der Waals surface area (Å²) in [4.78, 5) is 0. The van der Waals surface area contributed by atoms with E-state index in [1.54, 1.807) is 4.68 Å². The van der Waals surface area contributed by atoms with Crippen LogP contribution in [-0.2, 0) is 10.8 Å². The molecule has 0 amide bonds. The maximum absolute atomic E-state index is 11.8. The van der Waals surface area contributed by atoms with Crippen LogP contribution in [0.3, 0.4) is 0 Å². The largest absolute Gasteiger partial charge is 0.507 e. The summed E-state index contributed by atoms with van der Waals surface area (Å²) in [6.45, 7) is 16.9. The average molecular weight is 527 g/mol. The second kappa shape index (κ2) is 10.4. The molecule has 4 nitrogen and oxygen atoms in total. The molecule has 0 atom stereocenters. The molecule has 0 fully saturated rings. The van der Waals surface area contributed by atoms with Crippen LogP contribution in [0.4, 0.5) is 0 Å². The van der Waals surface area contributed by atoms with Crippen LogP contribution in [0, 0.1) is 13.8 Å². The maximum atomic E-state index is 11.8. The number of rotatable bonds is 5.